The average Bonchev–Trinajstić information content (AvgIpc) is 2.73. The number of carbonyl (C=O) groups is 1. The minimum Gasteiger partial charge on any atom is -0.493 e. The first kappa shape index (κ1) is 21.7. The zero-order valence-electron chi connectivity index (χ0n) is 16.5. The SMILES string of the molecule is COc1cc(/C=N/NC(=O)c2ccccc2C)cc(Cl)c1OCc1cccc(Cl)c1. The van der Waals surface area contributed by atoms with E-state index in [9.17, 15) is 4.79 Å². The van der Waals surface area contributed by atoms with Gasteiger partial charge in [-0.25, -0.2) is 5.43 Å². The molecule has 154 valence electrons. The van der Waals surface area contributed by atoms with E-state index in [0.29, 0.717) is 32.7 Å². The maximum absolute atomic E-state index is 12.2. The van der Waals surface area contributed by atoms with Crippen molar-refractivity contribution in [3.8, 4) is 11.5 Å². The van der Waals surface area contributed by atoms with Crippen molar-refractivity contribution < 1.29 is 14.3 Å². The fraction of sp³-hybridized carbons (Fsp3) is 0.130. The van der Waals surface area contributed by atoms with Crippen LogP contribution in [0.5, 0.6) is 11.5 Å². The molecule has 0 saturated heterocycles. The minimum atomic E-state index is -0.288. The normalized spacial score (nSPS) is 10.8. The van der Waals surface area contributed by atoms with Gasteiger partial charge in [0.05, 0.1) is 18.3 Å². The number of methoxy groups -OCH3 is 1. The number of hydrazone groups is 1. The number of nitrogens with zero attached hydrogens (tertiary/aromatic N) is 1. The van der Waals surface area contributed by atoms with Gasteiger partial charge in [0, 0.05) is 10.6 Å². The molecule has 0 aliphatic heterocycles. The molecule has 0 fully saturated rings. The van der Waals surface area contributed by atoms with Crippen LogP contribution in [0.3, 0.4) is 0 Å². The summed E-state index contributed by atoms with van der Waals surface area (Å²) in [6, 6.07) is 18.1. The van der Waals surface area contributed by atoms with Crippen molar-refractivity contribution in [3.05, 3.63) is 93.0 Å². The highest BCUT2D eigenvalue weighted by Crippen LogP contribution is 2.36. The lowest BCUT2D eigenvalue weighted by Gasteiger charge is -2.13. The molecule has 3 aromatic carbocycles. The van der Waals surface area contributed by atoms with Crippen molar-refractivity contribution in [1.29, 1.82) is 0 Å². The molecular weight excluding hydrogens is 423 g/mol. The predicted octanol–water partition coefficient (Wildman–Crippen LogP) is 5.65. The maximum atomic E-state index is 12.2. The minimum absolute atomic E-state index is 0.288. The van der Waals surface area contributed by atoms with Gasteiger partial charge in [-0.3, -0.25) is 4.79 Å². The van der Waals surface area contributed by atoms with Crippen LogP contribution in [0.1, 0.15) is 27.0 Å². The van der Waals surface area contributed by atoms with E-state index in [1.54, 1.807) is 30.3 Å². The van der Waals surface area contributed by atoms with Crippen molar-refractivity contribution in [2.75, 3.05) is 7.11 Å². The van der Waals surface area contributed by atoms with Crippen molar-refractivity contribution in [1.82, 2.24) is 5.43 Å². The molecule has 1 amide bonds. The van der Waals surface area contributed by atoms with E-state index < -0.39 is 0 Å². The van der Waals surface area contributed by atoms with Crippen LogP contribution in [0.15, 0.2) is 65.8 Å². The summed E-state index contributed by atoms with van der Waals surface area (Å²) in [5.74, 6) is 0.584. The van der Waals surface area contributed by atoms with E-state index >= 15 is 0 Å². The van der Waals surface area contributed by atoms with Crippen LogP contribution < -0.4 is 14.9 Å². The second-order valence-corrected chi connectivity index (χ2v) is 7.31. The van der Waals surface area contributed by atoms with Gasteiger partial charge in [0.25, 0.3) is 5.91 Å². The Balaban J connectivity index is 1.71. The highest BCUT2D eigenvalue weighted by atomic mass is 35.5. The maximum Gasteiger partial charge on any atom is 0.271 e. The lowest BCUT2D eigenvalue weighted by molar-refractivity contribution is 0.0954. The molecule has 1 N–H and O–H groups in total. The Bertz CT molecular complexity index is 1080. The van der Waals surface area contributed by atoms with Gasteiger partial charge < -0.3 is 9.47 Å². The van der Waals surface area contributed by atoms with Crippen molar-refractivity contribution in [2.45, 2.75) is 13.5 Å². The predicted molar refractivity (Wildman–Crippen MR) is 120 cm³/mol. The van der Waals surface area contributed by atoms with Gasteiger partial charge in [-0.05, 0) is 53.9 Å². The number of ether oxygens (including phenoxy) is 2. The first-order chi connectivity index (χ1) is 14.5. The number of aryl methyl sites for hydroxylation is 1. The van der Waals surface area contributed by atoms with Crippen LogP contribution in [0.25, 0.3) is 0 Å². The molecular formula is C23H20Cl2N2O3. The first-order valence-corrected chi connectivity index (χ1v) is 9.87. The van der Waals surface area contributed by atoms with Crippen LogP contribution in [0, 0.1) is 6.92 Å². The number of hydrogen-bond donors (Lipinski definition) is 1. The fourth-order valence-electron chi connectivity index (χ4n) is 2.79. The Labute approximate surface area is 185 Å². The van der Waals surface area contributed by atoms with Crippen LogP contribution in [-0.4, -0.2) is 19.2 Å². The summed E-state index contributed by atoms with van der Waals surface area (Å²) in [7, 11) is 1.53. The highest BCUT2D eigenvalue weighted by Gasteiger charge is 2.12. The van der Waals surface area contributed by atoms with Gasteiger partial charge in [0.15, 0.2) is 11.5 Å². The third-order valence-corrected chi connectivity index (χ3v) is 4.81. The Morgan fingerprint density at radius 3 is 2.63 bits per heavy atom. The Kier molecular flexibility index (Phi) is 7.33. The second-order valence-electron chi connectivity index (χ2n) is 6.47. The summed E-state index contributed by atoms with van der Waals surface area (Å²) in [4.78, 5) is 12.2. The van der Waals surface area contributed by atoms with Gasteiger partial charge in [-0.1, -0.05) is 53.5 Å². The first-order valence-electron chi connectivity index (χ1n) is 9.11. The molecule has 0 aliphatic rings. The van der Waals surface area contributed by atoms with Gasteiger partial charge in [0.2, 0.25) is 0 Å². The zero-order valence-corrected chi connectivity index (χ0v) is 18.0. The smallest absolute Gasteiger partial charge is 0.271 e. The summed E-state index contributed by atoms with van der Waals surface area (Å²) in [6.45, 7) is 2.15. The summed E-state index contributed by atoms with van der Waals surface area (Å²) in [5, 5.41) is 5.01. The zero-order chi connectivity index (χ0) is 21.5. The molecule has 0 unspecified atom stereocenters. The lowest BCUT2D eigenvalue weighted by Crippen LogP contribution is -2.18. The van der Waals surface area contributed by atoms with E-state index in [1.807, 2.05) is 37.3 Å². The highest BCUT2D eigenvalue weighted by molar-refractivity contribution is 6.32. The number of benzene rings is 3. The third-order valence-electron chi connectivity index (χ3n) is 4.29. The van der Waals surface area contributed by atoms with Crippen LogP contribution in [0.2, 0.25) is 10.0 Å². The van der Waals surface area contributed by atoms with E-state index in [0.717, 1.165) is 11.1 Å². The van der Waals surface area contributed by atoms with E-state index in [2.05, 4.69) is 10.5 Å². The largest absolute Gasteiger partial charge is 0.493 e. The van der Waals surface area contributed by atoms with Gasteiger partial charge in [0.1, 0.15) is 6.61 Å². The molecule has 0 aromatic heterocycles. The molecule has 7 heteroatoms. The Hall–Kier alpha value is -3.02. The quantitative estimate of drug-likeness (QED) is 0.379. The van der Waals surface area contributed by atoms with Gasteiger partial charge in [-0.15, -0.1) is 0 Å². The number of carbonyl (C=O) groups excluding carboxylic acids is 1. The molecule has 30 heavy (non-hydrogen) atoms. The molecule has 0 bridgehead atoms. The van der Waals surface area contributed by atoms with Gasteiger partial charge >= 0.3 is 0 Å². The van der Waals surface area contributed by atoms with Crippen molar-refractivity contribution in [2.24, 2.45) is 5.10 Å². The van der Waals surface area contributed by atoms with Crippen LogP contribution >= 0.6 is 23.2 Å². The molecule has 0 heterocycles. The average molecular weight is 443 g/mol. The summed E-state index contributed by atoms with van der Waals surface area (Å²) >= 11 is 12.4. The molecule has 3 rings (SSSR count). The number of rotatable bonds is 7. The third kappa shape index (κ3) is 5.53. The molecule has 0 spiro atoms. The fourth-order valence-corrected chi connectivity index (χ4v) is 3.28. The molecule has 3 aromatic rings. The number of halogens is 2. The number of hydrogen-bond acceptors (Lipinski definition) is 4. The molecule has 0 atom stereocenters. The second kappa shape index (κ2) is 10.1. The number of nitrogens with one attached hydrogen (secondary N) is 1. The number of amides is 1. The van der Waals surface area contributed by atoms with Crippen molar-refractivity contribution >= 4 is 35.3 Å². The molecule has 0 radical (unpaired) electrons. The lowest BCUT2D eigenvalue weighted by atomic mass is 10.1. The topological polar surface area (TPSA) is 59.9 Å². The van der Waals surface area contributed by atoms with Crippen molar-refractivity contribution in [3.63, 3.8) is 0 Å². The molecule has 5 nitrogen and oxygen atoms in total. The standard InChI is InChI=1S/C23H20Cl2N2O3/c1-15-6-3-4-9-19(15)23(28)27-26-13-17-11-20(25)22(21(12-17)29-2)30-14-16-7-5-8-18(24)10-16/h3-13H,14H2,1-2H3,(H,27,28)/b26-13+. The van der Waals surface area contributed by atoms with Crippen LogP contribution in [0.4, 0.5) is 0 Å². The monoisotopic (exact) mass is 442 g/mol. The molecule has 0 saturated carbocycles. The van der Waals surface area contributed by atoms with E-state index in [4.69, 9.17) is 32.7 Å². The molecule has 0 aliphatic carbocycles. The van der Waals surface area contributed by atoms with E-state index in [1.165, 1.54) is 13.3 Å². The summed E-state index contributed by atoms with van der Waals surface area (Å²) in [6.07, 6.45) is 1.49. The Morgan fingerprint density at radius 1 is 1.10 bits per heavy atom. The summed E-state index contributed by atoms with van der Waals surface area (Å²) < 4.78 is 11.2. The van der Waals surface area contributed by atoms with Gasteiger partial charge in [-0.2, -0.15) is 5.10 Å². The van der Waals surface area contributed by atoms with E-state index in [-0.39, 0.29) is 12.5 Å². The van der Waals surface area contributed by atoms with Crippen LogP contribution in [-0.2, 0) is 6.61 Å². The Morgan fingerprint density at radius 2 is 1.90 bits per heavy atom. The summed E-state index contributed by atoms with van der Waals surface area (Å²) in [5.41, 5.74) is 5.51.